The lowest BCUT2D eigenvalue weighted by molar-refractivity contribution is 0.402. The molecule has 0 fully saturated rings. The molecule has 11 heavy (non-hydrogen) atoms. The van der Waals surface area contributed by atoms with Gasteiger partial charge in [-0.1, -0.05) is 37.1 Å². The Morgan fingerprint density at radius 2 is 1.91 bits per heavy atom. The van der Waals surface area contributed by atoms with Crippen LogP contribution in [0.25, 0.3) is 0 Å². The first kappa shape index (κ1) is 8.54. The zero-order valence-electron chi connectivity index (χ0n) is 7.81. The van der Waals surface area contributed by atoms with Crippen molar-refractivity contribution in [2.45, 2.75) is 33.7 Å². The van der Waals surface area contributed by atoms with E-state index in [-0.39, 0.29) is 11.5 Å². The summed E-state index contributed by atoms with van der Waals surface area (Å²) in [4.78, 5) is 0. The van der Waals surface area contributed by atoms with Crippen molar-refractivity contribution < 1.29 is 0 Å². The van der Waals surface area contributed by atoms with Crippen LogP contribution in [0.1, 0.15) is 27.7 Å². The molecule has 0 saturated heterocycles. The summed E-state index contributed by atoms with van der Waals surface area (Å²) in [5.41, 5.74) is 8.75. The lowest BCUT2D eigenvalue weighted by Gasteiger charge is -2.33. The highest BCUT2D eigenvalue weighted by Gasteiger charge is 2.27. The van der Waals surface area contributed by atoms with Crippen LogP contribution < -0.4 is 5.73 Å². The van der Waals surface area contributed by atoms with E-state index in [9.17, 15) is 0 Å². The quantitative estimate of drug-likeness (QED) is 0.564. The lowest BCUT2D eigenvalue weighted by Crippen LogP contribution is -2.38. The molecular formula is C10H17N. The Labute approximate surface area is 69.0 Å². The molecule has 0 bridgehead atoms. The second-order valence-corrected chi connectivity index (χ2v) is 4.08. The summed E-state index contributed by atoms with van der Waals surface area (Å²) in [5.74, 6) is 0. The van der Waals surface area contributed by atoms with E-state index in [1.54, 1.807) is 0 Å². The van der Waals surface area contributed by atoms with Gasteiger partial charge in [-0.05, 0) is 13.8 Å². The van der Waals surface area contributed by atoms with Crippen molar-refractivity contribution in [3.63, 3.8) is 0 Å². The van der Waals surface area contributed by atoms with Crippen molar-refractivity contribution in [1.29, 1.82) is 0 Å². The van der Waals surface area contributed by atoms with Crippen LogP contribution in [0.15, 0.2) is 23.3 Å². The fourth-order valence-electron chi connectivity index (χ4n) is 1.75. The van der Waals surface area contributed by atoms with Crippen LogP contribution in [0.2, 0.25) is 0 Å². The van der Waals surface area contributed by atoms with Gasteiger partial charge in [0.15, 0.2) is 0 Å². The number of nitrogens with two attached hydrogens (primary N) is 1. The van der Waals surface area contributed by atoms with Crippen molar-refractivity contribution >= 4 is 0 Å². The average molecular weight is 151 g/mol. The largest absolute Gasteiger partial charge is 0.324 e. The van der Waals surface area contributed by atoms with Crippen LogP contribution in [0.3, 0.4) is 0 Å². The minimum Gasteiger partial charge on any atom is -0.324 e. The van der Waals surface area contributed by atoms with Gasteiger partial charge in [-0.15, -0.1) is 0 Å². The van der Waals surface area contributed by atoms with Gasteiger partial charge in [-0.2, -0.15) is 0 Å². The number of hydrogen-bond acceptors (Lipinski definition) is 1. The first-order valence-electron chi connectivity index (χ1n) is 4.07. The summed E-state index contributed by atoms with van der Waals surface area (Å²) in [6.45, 7) is 8.58. The fourth-order valence-corrected chi connectivity index (χ4v) is 1.75. The highest BCUT2D eigenvalue weighted by molar-refractivity contribution is 5.33. The second kappa shape index (κ2) is 2.49. The van der Waals surface area contributed by atoms with Gasteiger partial charge >= 0.3 is 0 Å². The fraction of sp³-hybridized carbons (Fsp3) is 0.600. The molecule has 0 aromatic carbocycles. The van der Waals surface area contributed by atoms with Gasteiger partial charge < -0.3 is 5.73 Å². The van der Waals surface area contributed by atoms with Gasteiger partial charge in [-0.3, -0.25) is 0 Å². The van der Waals surface area contributed by atoms with Crippen molar-refractivity contribution in [3.8, 4) is 0 Å². The molecule has 1 unspecified atom stereocenters. The Hall–Kier alpha value is -0.560. The van der Waals surface area contributed by atoms with E-state index < -0.39 is 0 Å². The number of rotatable bonds is 0. The van der Waals surface area contributed by atoms with E-state index in [4.69, 9.17) is 5.73 Å². The third kappa shape index (κ3) is 1.54. The number of hydrogen-bond donors (Lipinski definition) is 1. The normalized spacial score (nSPS) is 29.4. The van der Waals surface area contributed by atoms with Gasteiger partial charge in [0.05, 0.1) is 0 Å². The molecule has 0 aromatic heterocycles. The highest BCUT2D eigenvalue weighted by Crippen LogP contribution is 2.31. The van der Waals surface area contributed by atoms with Gasteiger partial charge in [0, 0.05) is 11.5 Å². The van der Waals surface area contributed by atoms with E-state index >= 15 is 0 Å². The zero-order chi connectivity index (χ0) is 8.65. The molecule has 1 aliphatic rings. The topological polar surface area (TPSA) is 26.0 Å². The maximum absolute atomic E-state index is 6.01. The molecule has 0 heterocycles. The third-order valence-corrected chi connectivity index (χ3v) is 2.35. The summed E-state index contributed by atoms with van der Waals surface area (Å²) in [7, 11) is 0. The Morgan fingerprint density at radius 1 is 1.36 bits per heavy atom. The monoisotopic (exact) mass is 151 g/mol. The zero-order valence-corrected chi connectivity index (χ0v) is 7.81. The maximum atomic E-state index is 6.01. The molecule has 1 aliphatic carbocycles. The van der Waals surface area contributed by atoms with Crippen LogP contribution in [-0.4, -0.2) is 6.04 Å². The van der Waals surface area contributed by atoms with Gasteiger partial charge in [0.25, 0.3) is 0 Å². The Balaban J connectivity index is 3.01. The van der Waals surface area contributed by atoms with Gasteiger partial charge in [0.1, 0.15) is 0 Å². The third-order valence-electron chi connectivity index (χ3n) is 2.35. The molecule has 62 valence electrons. The molecule has 1 nitrogen and oxygen atoms in total. The van der Waals surface area contributed by atoms with Crippen LogP contribution in [0.5, 0.6) is 0 Å². The molecule has 0 spiro atoms. The summed E-state index contributed by atoms with van der Waals surface area (Å²) < 4.78 is 0. The first-order chi connectivity index (χ1) is 4.93. The molecule has 0 radical (unpaired) electrons. The van der Waals surface area contributed by atoms with Crippen molar-refractivity contribution in [2.24, 2.45) is 11.1 Å². The molecule has 0 saturated carbocycles. The molecule has 0 aromatic rings. The molecular weight excluding hydrogens is 134 g/mol. The molecule has 1 atom stereocenters. The predicted octanol–water partition coefficient (Wildman–Crippen LogP) is 2.25. The first-order valence-corrected chi connectivity index (χ1v) is 4.07. The van der Waals surface area contributed by atoms with Crippen molar-refractivity contribution in [2.75, 3.05) is 0 Å². The molecule has 0 amide bonds. The van der Waals surface area contributed by atoms with E-state index in [1.165, 1.54) is 11.1 Å². The Morgan fingerprint density at radius 3 is 2.36 bits per heavy atom. The van der Waals surface area contributed by atoms with E-state index in [0.717, 1.165) is 0 Å². The van der Waals surface area contributed by atoms with Gasteiger partial charge in [-0.25, -0.2) is 0 Å². The summed E-state index contributed by atoms with van der Waals surface area (Å²) in [5, 5.41) is 0. The maximum Gasteiger partial charge on any atom is 0.0341 e. The SMILES string of the molecule is CC1=CC(C)(C)C(N)C(C)=C1. The number of allylic oxidation sites excluding steroid dienone is 2. The van der Waals surface area contributed by atoms with Crippen LogP contribution in [0, 0.1) is 5.41 Å². The Bertz CT molecular complexity index is 221. The molecule has 1 rings (SSSR count). The second-order valence-electron chi connectivity index (χ2n) is 4.08. The van der Waals surface area contributed by atoms with E-state index in [1.807, 2.05) is 0 Å². The summed E-state index contributed by atoms with van der Waals surface area (Å²) in [6.07, 6.45) is 4.40. The predicted molar refractivity (Wildman–Crippen MR) is 49.3 cm³/mol. The van der Waals surface area contributed by atoms with Crippen molar-refractivity contribution in [3.05, 3.63) is 23.3 Å². The molecule has 0 aliphatic heterocycles. The summed E-state index contributed by atoms with van der Waals surface area (Å²) >= 11 is 0. The lowest BCUT2D eigenvalue weighted by atomic mass is 9.76. The molecule has 2 N–H and O–H groups in total. The van der Waals surface area contributed by atoms with Crippen molar-refractivity contribution in [1.82, 2.24) is 0 Å². The standard InChI is InChI=1S/C10H17N/c1-7-5-8(2)9(11)10(3,4)6-7/h5-6,9H,11H2,1-4H3. The molecule has 1 heteroatoms. The van der Waals surface area contributed by atoms with Crippen LogP contribution >= 0.6 is 0 Å². The van der Waals surface area contributed by atoms with Crippen LogP contribution in [0.4, 0.5) is 0 Å². The Kier molecular flexibility index (Phi) is 1.93. The minimum atomic E-state index is 0.128. The smallest absolute Gasteiger partial charge is 0.0341 e. The van der Waals surface area contributed by atoms with E-state index in [0.29, 0.717) is 0 Å². The van der Waals surface area contributed by atoms with Gasteiger partial charge in [0.2, 0.25) is 0 Å². The highest BCUT2D eigenvalue weighted by atomic mass is 14.7. The van der Waals surface area contributed by atoms with Crippen LogP contribution in [-0.2, 0) is 0 Å². The summed E-state index contributed by atoms with van der Waals surface area (Å²) in [6, 6.07) is 0.186. The van der Waals surface area contributed by atoms with E-state index in [2.05, 4.69) is 39.8 Å². The average Bonchev–Trinajstić information content (AvgIpc) is 1.81. The minimum absolute atomic E-state index is 0.128.